The normalized spacial score (nSPS) is 15.5. The minimum Gasteiger partial charge on any atom is -0.335 e. The first kappa shape index (κ1) is 10.8. The summed E-state index contributed by atoms with van der Waals surface area (Å²) in [7, 11) is 0. The second kappa shape index (κ2) is 4.88. The molecule has 1 aliphatic heterocycles. The van der Waals surface area contributed by atoms with Gasteiger partial charge in [0.15, 0.2) is 5.78 Å². The van der Waals surface area contributed by atoms with Crippen LogP contribution in [0.3, 0.4) is 0 Å². The fourth-order valence-electron chi connectivity index (χ4n) is 1.80. The molecule has 0 aliphatic carbocycles. The van der Waals surface area contributed by atoms with Crippen molar-refractivity contribution >= 4 is 11.7 Å². The zero-order valence-electron chi connectivity index (χ0n) is 9.06. The number of amides is 1. The van der Waals surface area contributed by atoms with Crippen LogP contribution in [0.15, 0.2) is 24.5 Å². The third kappa shape index (κ3) is 2.66. The Morgan fingerprint density at radius 3 is 3.00 bits per heavy atom. The minimum absolute atomic E-state index is 0.0645. The molecule has 0 bridgehead atoms. The maximum absolute atomic E-state index is 11.7. The third-order valence-electron chi connectivity index (χ3n) is 2.73. The summed E-state index contributed by atoms with van der Waals surface area (Å²) in [6.45, 7) is 0.885. The molecule has 1 aromatic heterocycles. The lowest BCUT2D eigenvalue weighted by Crippen LogP contribution is -2.28. The van der Waals surface area contributed by atoms with Crippen molar-refractivity contribution in [1.29, 1.82) is 0 Å². The van der Waals surface area contributed by atoms with Crippen molar-refractivity contribution in [3.8, 4) is 0 Å². The standard InChI is InChI=1S/C12H14N2O2/c15-11-5-7-14(9-11)12(16)4-3-10-2-1-6-13-8-10/h1-2,6,8H,3-5,7,9H2. The molecule has 0 N–H and O–H groups in total. The fraction of sp³-hybridized carbons (Fsp3) is 0.417. The molecule has 2 rings (SSSR count). The maximum atomic E-state index is 11.7. The summed E-state index contributed by atoms with van der Waals surface area (Å²) in [6, 6.07) is 3.81. The van der Waals surface area contributed by atoms with Crippen molar-refractivity contribution in [3.63, 3.8) is 0 Å². The summed E-state index contributed by atoms with van der Waals surface area (Å²) in [4.78, 5) is 28.4. The molecule has 4 heteroatoms. The van der Waals surface area contributed by atoms with Gasteiger partial charge in [0.2, 0.25) is 5.91 Å². The Morgan fingerprint density at radius 1 is 1.50 bits per heavy atom. The van der Waals surface area contributed by atoms with E-state index in [1.165, 1.54) is 0 Å². The Morgan fingerprint density at radius 2 is 2.38 bits per heavy atom. The molecule has 0 aromatic carbocycles. The quantitative estimate of drug-likeness (QED) is 0.754. The van der Waals surface area contributed by atoms with Gasteiger partial charge in [-0.25, -0.2) is 0 Å². The van der Waals surface area contributed by atoms with Crippen LogP contribution in [0.4, 0.5) is 0 Å². The van der Waals surface area contributed by atoms with Crippen molar-refractivity contribution in [1.82, 2.24) is 9.88 Å². The minimum atomic E-state index is 0.0645. The van der Waals surface area contributed by atoms with Gasteiger partial charge >= 0.3 is 0 Å². The van der Waals surface area contributed by atoms with Crippen molar-refractivity contribution in [2.45, 2.75) is 19.3 Å². The average Bonchev–Trinajstić information content (AvgIpc) is 2.74. The number of aromatic nitrogens is 1. The number of carbonyl (C=O) groups excluding carboxylic acids is 2. The second-order valence-corrected chi connectivity index (χ2v) is 3.97. The molecule has 1 aliphatic rings. The van der Waals surface area contributed by atoms with Crippen molar-refractivity contribution in [2.75, 3.05) is 13.1 Å². The molecule has 1 fully saturated rings. The molecule has 16 heavy (non-hydrogen) atoms. The van der Waals surface area contributed by atoms with Crippen LogP contribution in [0.2, 0.25) is 0 Å². The summed E-state index contributed by atoms with van der Waals surface area (Å²) in [5.41, 5.74) is 1.06. The number of aryl methyl sites for hydroxylation is 1. The van der Waals surface area contributed by atoms with Crippen molar-refractivity contribution < 1.29 is 9.59 Å². The van der Waals surface area contributed by atoms with Crippen LogP contribution in [-0.4, -0.2) is 34.7 Å². The van der Waals surface area contributed by atoms with E-state index in [2.05, 4.69) is 4.98 Å². The lowest BCUT2D eigenvalue weighted by Gasteiger charge is -2.13. The van der Waals surface area contributed by atoms with Gasteiger partial charge in [0, 0.05) is 31.8 Å². The molecule has 0 unspecified atom stereocenters. The third-order valence-corrected chi connectivity index (χ3v) is 2.73. The number of nitrogens with zero attached hydrogens (tertiary/aromatic N) is 2. The van der Waals surface area contributed by atoms with E-state index in [-0.39, 0.29) is 11.7 Å². The van der Waals surface area contributed by atoms with Crippen LogP contribution in [0.5, 0.6) is 0 Å². The zero-order chi connectivity index (χ0) is 11.4. The molecule has 0 spiro atoms. The van der Waals surface area contributed by atoms with E-state index in [1.807, 2.05) is 12.1 Å². The smallest absolute Gasteiger partial charge is 0.223 e. The van der Waals surface area contributed by atoms with Crippen LogP contribution in [-0.2, 0) is 16.0 Å². The Hall–Kier alpha value is -1.71. The topological polar surface area (TPSA) is 50.3 Å². The molecule has 1 amide bonds. The Kier molecular flexibility index (Phi) is 3.29. The van der Waals surface area contributed by atoms with Crippen LogP contribution in [0.25, 0.3) is 0 Å². The summed E-state index contributed by atoms with van der Waals surface area (Å²) in [6.07, 6.45) is 5.14. The predicted molar refractivity (Wildman–Crippen MR) is 58.8 cm³/mol. The lowest BCUT2D eigenvalue weighted by atomic mass is 10.1. The Bertz CT molecular complexity index is 389. The molecule has 0 radical (unpaired) electrons. The lowest BCUT2D eigenvalue weighted by molar-refractivity contribution is -0.131. The first-order valence-electron chi connectivity index (χ1n) is 5.44. The SMILES string of the molecule is O=C1CCN(C(=O)CCc2cccnc2)C1. The van der Waals surface area contributed by atoms with Crippen LogP contribution < -0.4 is 0 Å². The van der Waals surface area contributed by atoms with E-state index in [0.29, 0.717) is 32.4 Å². The molecular formula is C12H14N2O2. The molecular weight excluding hydrogens is 204 g/mol. The Labute approximate surface area is 94.3 Å². The van der Waals surface area contributed by atoms with Crippen molar-refractivity contribution in [2.24, 2.45) is 0 Å². The van der Waals surface area contributed by atoms with E-state index in [9.17, 15) is 9.59 Å². The van der Waals surface area contributed by atoms with Crippen LogP contribution in [0.1, 0.15) is 18.4 Å². The molecule has 1 aromatic rings. The van der Waals surface area contributed by atoms with Gasteiger partial charge < -0.3 is 4.90 Å². The summed E-state index contributed by atoms with van der Waals surface area (Å²) >= 11 is 0. The van der Waals surface area contributed by atoms with E-state index in [1.54, 1.807) is 17.3 Å². The first-order chi connectivity index (χ1) is 7.75. The predicted octanol–water partition coefficient (Wildman–Crippen LogP) is 0.816. The van der Waals surface area contributed by atoms with Gasteiger partial charge in [-0.2, -0.15) is 0 Å². The van der Waals surface area contributed by atoms with Gasteiger partial charge in [0.1, 0.15) is 0 Å². The summed E-state index contributed by atoms with van der Waals surface area (Å²) in [5, 5.41) is 0. The van der Waals surface area contributed by atoms with Crippen LogP contribution in [0, 0.1) is 0 Å². The molecule has 0 saturated carbocycles. The number of likely N-dealkylation sites (tertiary alicyclic amines) is 1. The van der Waals surface area contributed by atoms with E-state index >= 15 is 0 Å². The Balaban J connectivity index is 1.82. The highest BCUT2D eigenvalue weighted by atomic mass is 16.2. The van der Waals surface area contributed by atoms with Gasteiger partial charge in [-0.1, -0.05) is 6.07 Å². The number of rotatable bonds is 3. The maximum Gasteiger partial charge on any atom is 0.223 e. The fourth-order valence-corrected chi connectivity index (χ4v) is 1.80. The number of pyridine rings is 1. The number of ketones is 1. The second-order valence-electron chi connectivity index (χ2n) is 3.97. The highest BCUT2D eigenvalue weighted by Crippen LogP contribution is 2.08. The zero-order valence-corrected chi connectivity index (χ0v) is 9.06. The van der Waals surface area contributed by atoms with Gasteiger partial charge in [-0.05, 0) is 18.1 Å². The summed E-state index contributed by atoms with van der Waals surface area (Å²) in [5.74, 6) is 0.226. The molecule has 0 atom stereocenters. The molecule has 1 saturated heterocycles. The highest BCUT2D eigenvalue weighted by molar-refractivity contribution is 5.89. The highest BCUT2D eigenvalue weighted by Gasteiger charge is 2.23. The first-order valence-corrected chi connectivity index (χ1v) is 5.44. The van der Waals surface area contributed by atoms with E-state index in [4.69, 9.17) is 0 Å². The largest absolute Gasteiger partial charge is 0.335 e. The monoisotopic (exact) mass is 218 g/mol. The molecule has 84 valence electrons. The van der Waals surface area contributed by atoms with Crippen molar-refractivity contribution in [3.05, 3.63) is 30.1 Å². The van der Waals surface area contributed by atoms with E-state index in [0.717, 1.165) is 5.56 Å². The van der Waals surface area contributed by atoms with Crippen LogP contribution >= 0.6 is 0 Å². The molecule has 4 nitrogen and oxygen atoms in total. The number of hydrogen-bond donors (Lipinski definition) is 0. The summed E-state index contributed by atoms with van der Waals surface area (Å²) < 4.78 is 0. The average molecular weight is 218 g/mol. The molecule has 2 heterocycles. The number of hydrogen-bond acceptors (Lipinski definition) is 3. The number of carbonyl (C=O) groups is 2. The van der Waals surface area contributed by atoms with Gasteiger partial charge in [-0.15, -0.1) is 0 Å². The number of Topliss-reactive ketones (excluding diaryl/α,β-unsaturated/α-hetero) is 1. The van der Waals surface area contributed by atoms with E-state index < -0.39 is 0 Å². The van der Waals surface area contributed by atoms with Gasteiger partial charge in [0.05, 0.1) is 6.54 Å². The van der Waals surface area contributed by atoms with Gasteiger partial charge in [-0.3, -0.25) is 14.6 Å². The van der Waals surface area contributed by atoms with Gasteiger partial charge in [0.25, 0.3) is 0 Å².